The smallest absolute Gasteiger partial charge is 0.251 e. The van der Waals surface area contributed by atoms with Gasteiger partial charge in [-0.3, -0.25) is 4.79 Å². The molecule has 0 saturated heterocycles. The highest BCUT2D eigenvalue weighted by molar-refractivity contribution is 5.94. The van der Waals surface area contributed by atoms with Crippen LogP contribution < -0.4 is 10.1 Å². The van der Waals surface area contributed by atoms with Crippen LogP contribution in [0.15, 0.2) is 48.5 Å². The summed E-state index contributed by atoms with van der Waals surface area (Å²) < 4.78 is 10.6. The Labute approximate surface area is 141 Å². The van der Waals surface area contributed by atoms with Gasteiger partial charge in [0.25, 0.3) is 5.91 Å². The Morgan fingerprint density at radius 2 is 2.04 bits per heavy atom. The topological polar surface area (TPSA) is 67.8 Å². The quantitative estimate of drug-likeness (QED) is 0.884. The highest BCUT2D eigenvalue weighted by Gasteiger charge is 2.19. The van der Waals surface area contributed by atoms with E-state index in [1.165, 1.54) is 0 Å². The number of ether oxygens (including phenoxy) is 2. The van der Waals surface area contributed by atoms with Gasteiger partial charge in [0.1, 0.15) is 5.75 Å². The second-order valence-electron chi connectivity index (χ2n) is 5.95. The van der Waals surface area contributed by atoms with Crippen molar-refractivity contribution in [1.29, 1.82) is 0 Å². The van der Waals surface area contributed by atoms with Crippen LogP contribution in [0.1, 0.15) is 28.4 Å². The second kappa shape index (κ2) is 7.47. The molecule has 1 heterocycles. The van der Waals surface area contributed by atoms with Crippen LogP contribution in [0.2, 0.25) is 0 Å². The molecule has 0 bridgehead atoms. The first kappa shape index (κ1) is 16.5. The zero-order chi connectivity index (χ0) is 16.9. The number of benzene rings is 2. The molecule has 0 radical (unpaired) electrons. The van der Waals surface area contributed by atoms with E-state index in [1.807, 2.05) is 30.3 Å². The summed E-state index contributed by atoms with van der Waals surface area (Å²) in [6.07, 6.45) is -0.158. The third-order valence-electron chi connectivity index (χ3n) is 4.10. The Morgan fingerprint density at radius 1 is 1.25 bits per heavy atom. The van der Waals surface area contributed by atoms with Gasteiger partial charge in [0.2, 0.25) is 0 Å². The van der Waals surface area contributed by atoms with Gasteiger partial charge in [-0.15, -0.1) is 0 Å². The average Bonchev–Trinajstić information content (AvgIpc) is 2.62. The lowest BCUT2D eigenvalue weighted by Gasteiger charge is -2.21. The minimum atomic E-state index is -0.652. The summed E-state index contributed by atoms with van der Waals surface area (Å²) in [7, 11) is 0. The van der Waals surface area contributed by atoms with Gasteiger partial charge in [0.05, 0.1) is 18.8 Å². The molecule has 1 amide bonds. The fourth-order valence-corrected chi connectivity index (χ4v) is 2.65. The molecule has 0 aliphatic carbocycles. The Hall–Kier alpha value is -2.37. The molecule has 126 valence electrons. The number of carbonyl (C=O) groups is 1. The van der Waals surface area contributed by atoms with Gasteiger partial charge in [-0.1, -0.05) is 30.3 Å². The van der Waals surface area contributed by atoms with E-state index in [-0.39, 0.29) is 18.7 Å². The van der Waals surface area contributed by atoms with E-state index in [0.29, 0.717) is 18.6 Å². The summed E-state index contributed by atoms with van der Waals surface area (Å²) in [5.74, 6) is 0.526. The highest BCUT2D eigenvalue weighted by atomic mass is 16.7. The highest BCUT2D eigenvalue weighted by Crippen LogP contribution is 2.24. The molecule has 2 aromatic carbocycles. The van der Waals surface area contributed by atoms with Crippen LogP contribution in [-0.2, 0) is 17.8 Å². The van der Waals surface area contributed by atoms with E-state index in [4.69, 9.17) is 9.47 Å². The van der Waals surface area contributed by atoms with Crippen molar-refractivity contribution >= 4 is 5.91 Å². The lowest BCUT2D eigenvalue weighted by molar-refractivity contribution is -0.0163. The Balaban J connectivity index is 1.61. The van der Waals surface area contributed by atoms with Gasteiger partial charge in [0, 0.05) is 17.5 Å². The van der Waals surface area contributed by atoms with Crippen molar-refractivity contribution in [3.05, 3.63) is 65.2 Å². The molecule has 0 fully saturated rings. The minimum absolute atomic E-state index is 0.219. The van der Waals surface area contributed by atoms with E-state index < -0.39 is 6.10 Å². The van der Waals surface area contributed by atoms with Crippen LogP contribution in [0.25, 0.3) is 0 Å². The molecular weight excluding hydrogens is 306 g/mol. The first-order valence-electron chi connectivity index (χ1n) is 8.00. The van der Waals surface area contributed by atoms with Gasteiger partial charge in [-0.05, 0) is 30.7 Å². The van der Waals surface area contributed by atoms with Crippen LogP contribution >= 0.6 is 0 Å². The molecule has 0 saturated carbocycles. The van der Waals surface area contributed by atoms with Crippen LogP contribution in [0.4, 0.5) is 0 Å². The van der Waals surface area contributed by atoms with Crippen LogP contribution in [0.3, 0.4) is 0 Å². The third-order valence-corrected chi connectivity index (χ3v) is 4.10. The molecule has 5 heteroatoms. The molecule has 0 unspecified atom stereocenters. The zero-order valence-electron chi connectivity index (χ0n) is 13.6. The molecular formula is C19H21NO4. The number of rotatable bonds is 5. The summed E-state index contributed by atoms with van der Waals surface area (Å²) in [5.41, 5.74) is 2.42. The number of carbonyl (C=O) groups excluding carboxylic acids is 1. The van der Waals surface area contributed by atoms with Crippen molar-refractivity contribution in [2.75, 3.05) is 6.79 Å². The number of aliphatic hydroxyl groups is 1. The van der Waals surface area contributed by atoms with E-state index in [9.17, 15) is 9.90 Å². The molecule has 2 N–H and O–H groups in total. The molecule has 5 nitrogen and oxygen atoms in total. The van der Waals surface area contributed by atoms with E-state index in [1.54, 1.807) is 25.1 Å². The number of hydrogen-bond donors (Lipinski definition) is 2. The predicted octanol–water partition coefficient (Wildman–Crippen LogP) is 2.28. The van der Waals surface area contributed by atoms with E-state index >= 15 is 0 Å². The fourth-order valence-electron chi connectivity index (χ4n) is 2.65. The van der Waals surface area contributed by atoms with Crippen molar-refractivity contribution < 1.29 is 19.4 Å². The van der Waals surface area contributed by atoms with E-state index in [2.05, 4.69) is 5.32 Å². The largest absolute Gasteiger partial charge is 0.467 e. The van der Waals surface area contributed by atoms with Gasteiger partial charge >= 0.3 is 0 Å². The average molecular weight is 327 g/mol. The Morgan fingerprint density at radius 3 is 2.83 bits per heavy atom. The Bertz CT molecular complexity index is 702. The SMILES string of the molecule is C[C@H](NC(=O)c1ccc2c(c1)COCO2)[C@H](O)Cc1ccccc1. The molecule has 2 aromatic rings. The predicted molar refractivity (Wildman–Crippen MR) is 89.8 cm³/mol. The summed E-state index contributed by atoms with van der Waals surface area (Å²) >= 11 is 0. The molecule has 1 aliphatic rings. The second-order valence-corrected chi connectivity index (χ2v) is 5.95. The maximum absolute atomic E-state index is 12.4. The van der Waals surface area contributed by atoms with Gasteiger partial charge in [-0.2, -0.15) is 0 Å². The van der Waals surface area contributed by atoms with Gasteiger partial charge in [-0.25, -0.2) is 0 Å². The number of amides is 1. The van der Waals surface area contributed by atoms with Gasteiger partial charge < -0.3 is 19.9 Å². The van der Waals surface area contributed by atoms with Crippen molar-refractivity contribution in [3.63, 3.8) is 0 Å². The maximum atomic E-state index is 12.4. The fraction of sp³-hybridized carbons (Fsp3) is 0.316. The lowest BCUT2D eigenvalue weighted by Crippen LogP contribution is -2.42. The lowest BCUT2D eigenvalue weighted by atomic mass is 10.0. The monoisotopic (exact) mass is 327 g/mol. The molecule has 3 rings (SSSR count). The summed E-state index contributed by atoms with van der Waals surface area (Å²) in [6, 6.07) is 14.6. The van der Waals surface area contributed by atoms with Crippen molar-refractivity contribution in [2.45, 2.75) is 32.1 Å². The number of fused-ring (bicyclic) bond motifs is 1. The number of nitrogens with one attached hydrogen (secondary N) is 1. The standard InChI is InChI=1S/C19H21NO4/c1-13(17(21)9-14-5-3-2-4-6-14)20-19(22)15-7-8-18-16(10-15)11-23-12-24-18/h2-8,10,13,17,21H,9,11-12H2,1H3,(H,20,22)/t13-,17+/m0/s1. The van der Waals surface area contributed by atoms with E-state index in [0.717, 1.165) is 16.9 Å². The van der Waals surface area contributed by atoms with Crippen molar-refractivity contribution in [1.82, 2.24) is 5.32 Å². The van der Waals surface area contributed by atoms with Gasteiger partial charge in [0.15, 0.2) is 6.79 Å². The van der Waals surface area contributed by atoms with Crippen molar-refractivity contribution in [2.24, 2.45) is 0 Å². The molecule has 2 atom stereocenters. The normalized spacial score (nSPS) is 15.8. The van der Waals surface area contributed by atoms with Crippen molar-refractivity contribution in [3.8, 4) is 5.75 Å². The van der Waals surface area contributed by atoms with Crippen LogP contribution in [0, 0.1) is 0 Å². The summed E-state index contributed by atoms with van der Waals surface area (Å²) in [5, 5.41) is 13.2. The van der Waals surface area contributed by atoms with Crippen LogP contribution in [-0.4, -0.2) is 30.0 Å². The summed E-state index contributed by atoms with van der Waals surface area (Å²) in [6.45, 7) is 2.47. The minimum Gasteiger partial charge on any atom is -0.467 e. The summed E-state index contributed by atoms with van der Waals surface area (Å²) in [4.78, 5) is 12.4. The molecule has 1 aliphatic heterocycles. The molecule has 24 heavy (non-hydrogen) atoms. The zero-order valence-corrected chi connectivity index (χ0v) is 13.6. The number of aliphatic hydroxyl groups excluding tert-OH is 1. The first-order valence-corrected chi connectivity index (χ1v) is 8.00. The Kier molecular flexibility index (Phi) is 5.13. The van der Waals surface area contributed by atoms with Crippen LogP contribution in [0.5, 0.6) is 5.75 Å². The number of hydrogen-bond acceptors (Lipinski definition) is 4. The first-order chi connectivity index (χ1) is 11.6. The third kappa shape index (κ3) is 3.93. The maximum Gasteiger partial charge on any atom is 0.251 e. The molecule has 0 aromatic heterocycles. The molecule has 0 spiro atoms.